The van der Waals surface area contributed by atoms with E-state index in [1.54, 1.807) is 42.2 Å². The Bertz CT molecular complexity index is 1270. The Hall–Kier alpha value is -3.99. The third kappa shape index (κ3) is 13.6. The molecule has 1 aliphatic heterocycles. The second-order valence-electron chi connectivity index (χ2n) is 13.2. The van der Waals surface area contributed by atoms with Crippen LogP contribution in [0.4, 0.5) is 9.59 Å². The molecule has 2 aromatic rings. The molecule has 1 heterocycles. The van der Waals surface area contributed by atoms with Crippen molar-refractivity contribution in [3.8, 4) is 11.5 Å². The zero-order chi connectivity index (χ0) is 35.7. The zero-order valence-corrected chi connectivity index (χ0v) is 30.4. The summed E-state index contributed by atoms with van der Waals surface area (Å²) in [6, 6.07) is 14.0. The van der Waals surface area contributed by atoms with Gasteiger partial charge in [-0.25, -0.2) is 9.59 Å². The fourth-order valence-electron chi connectivity index (χ4n) is 5.28. The van der Waals surface area contributed by atoms with Crippen molar-refractivity contribution < 1.29 is 38.1 Å². The van der Waals surface area contributed by atoms with Crippen molar-refractivity contribution in [1.82, 2.24) is 15.1 Å². The molecule has 0 spiro atoms. The minimum Gasteiger partial charge on any atom is -0.493 e. The average Bonchev–Trinajstić information content (AvgIpc) is 3.04. The molecule has 2 atom stereocenters. The number of amides is 3. The van der Waals surface area contributed by atoms with Gasteiger partial charge in [-0.15, -0.1) is 0 Å². The number of methoxy groups -OCH3 is 2. The molecule has 0 aliphatic carbocycles. The Labute approximate surface area is 287 Å². The van der Waals surface area contributed by atoms with E-state index in [2.05, 4.69) is 19.2 Å². The van der Waals surface area contributed by atoms with E-state index >= 15 is 0 Å². The van der Waals surface area contributed by atoms with Crippen LogP contribution in [0.5, 0.6) is 11.5 Å². The van der Waals surface area contributed by atoms with Gasteiger partial charge in [-0.2, -0.15) is 0 Å². The van der Waals surface area contributed by atoms with Crippen LogP contribution >= 0.6 is 0 Å². The molecule has 268 valence electrons. The molecule has 0 aromatic heterocycles. The normalized spacial score (nSPS) is 15.9. The molecule has 1 aliphatic rings. The fourth-order valence-corrected chi connectivity index (χ4v) is 5.28. The molecule has 1 N–H and O–H groups in total. The SMILES string of the molecule is CCC.COCCCOc1cc(C(=O)N(C(C)C)[C@@H]2C[C@H](CNC(=O)OCc3ccccc3)CN(C(=O)OC(C)(C)C)C2)ccc1OC. The molecule has 0 bridgehead atoms. The maximum atomic E-state index is 14.1. The number of carbonyl (C=O) groups excluding carboxylic acids is 3. The van der Waals surface area contributed by atoms with Crippen molar-refractivity contribution in [1.29, 1.82) is 0 Å². The Kier molecular flexibility index (Phi) is 17.1. The van der Waals surface area contributed by atoms with Gasteiger partial charge >= 0.3 is 12.2 Å². The highest BCUT2D eigenvalue weighted by Gasteiger charge is 2.38. The lowest BCUT2D eigenvalue weighted by Gasteiger charge is -2.44. The summed E-state index contributed by atoms with van der Waals surface area (Å²) in [5.41, 5.74) is 0.643. The highest BCUT2D eigenvalue weighted by molar-refractivity contribution is 5.95. The van der Waals surface area contributed by atoms with Gasteiger partial charge in [0.1, 0.15) is 12.2 Å². The first-order valence-electron chi connectivity index (χ1n) is 16.9. The lowest BCUT2D eigenvalue weighted by Crippen LogP contribution is -2.57. The summed E-state index contributed by atoms with van der Waals surface area (Å²) in [7, 11) is 3.19. The molecule has 0 radical (unpaired) electrons. The van der Waals surface area contributed by atoms with Gasteiger partial charge in [-0.05, 0) is 70.7 Å². The van der Waals surface area contributed by atoms with Crippen LogP contribution in [-0.2, 0) is 20.8 Å². The summed E-state index contributed by atoms with van der Waals surface area (Å²) in [6.45, 7) is 15.6. The molecule has 11 heteroatoms. The molecule has 2 aromatic carbocycles. The van der Waals surface area contributed by atoms with E-state index in [0.717, 1.165) is 5.56 Å². The molecule has 0 saturated carbocycles. The summed E-state index contributed by atoms with van der Waals surface area (Å²) >= 11 is 0. The molecular formula is C37H57N3O8. The third-order valence-corrected chi connectivity index (χ3v) is 7.26. The van der Waals surface area contributed by atoms with E-state index in [9.17, 15) is 14.4 Å². The average molecular weight is 672 g/mol. The number of piperidine rings is 1. The van der Waals surface area contributed by atoms with Gasteiger partial charge < -0.3 is 38.8 Å². The van der Waals surface area contributed by atoms with Gasteiger partial charge in [-0.3, -0.25) is 4.79 Å². The van der Waals surface area contributed by atoms with Gasteiger partial charge in [-0.1, -0.05) is 50.6 Å². The van der Waals surface area contributed by atoms with E-state index in [4.69, 9.17) is 23.7 Å². The largest absolute Gasteiger partial charge is 0.493 e. The maximum absolute atomic E-state index is 14.1. The topological polar surface area (TPSA) is 116 Å². The predicted octanol–water partition coefficient (Wildman–Crippen LogP) is 6.93. The minimum atomic E-state index is -0.685. The van der Waals surface area contributed by atoms with Crippen LogP contribution < -0.4 is 14.8 Å². The number of ether oxygens (including phenoxy) is 5. The van der Waals surface area contributed by atoms with E-state index in [0.29, 0.717) is 56.2 Å². The zero-order valence-electron chi connectivity index (χ0n) is 30.4. The lowest BCUT2D eigenvalue weighted by atomic mass is 9.92. The molecule has 0 unspecified atom stereocenters. The van der Waals surface area contributed by atoms with Crippen LogP contribution in [0.1, 0.15) is 83.7 Å². The first kappa shape index (κ1) is 40.2. The van der Waals surface area contributed by atoms with Gasteiger partial charge in [0.25, 0.3) is 5.91 Å². The number of hydrogen-bond donors (Lipinski definition) is 1. The summed E-state index contributed by atoms with van der Waals surface area (Å²) in [5, 5.41) is 2.85. The minimum absolute atomic E-state index is 0.148. The quantitative estimate of drug-likeness (QED) is 0.228. The first-order valence-corrected chi connectivity index (χ1v) is 16.9. The molecule has 48 heavy (non-hydrogen) atoms. The standard InChI is InChI=1S/C34H49N3O8.C3H8/c1-24(2)37(31(38)27-14-15-29(42-7)30(19-27)43-17-11-16-41-6)28-18-26(21-36(22-28)33(40)45-34(3,4)5)20-35-32(39)44-23-25-12-9-8-10-13-25;1-3-2/h8-10,12-15,19,24,26,28H,11,16-18,20-23H2,1-7H3,(H,35,39);3H2,1-2H3/t26-,28-;/m1./s1. The number of carbonyl (C=O) groups is 3. The van der Waals surface area contributed by atoms with Crippen molar-refractivity contribution in [2.75, 3.05) is 47.1 Å². The van der Waals surface area contributed by atoms with Gasteiger partial charge in [0.15, 0.2) is 11.5 Å². The summed E-state index contributed by atoms with van der Waals surface area (Å²) < 4.78 is 27.6. The van der Waals surface area contributed by atoms with Crippen LogP contribution in [-0.4, -0.2) is 92.6 Å². The predicted molar refractivity (Wildman–Crippen MR) is 187 cm³/mol. The number of nitrogens with zero attached hydrogens (tertiary/aromatic N) is 2. The van der Waals surface area contributed by atoms with Gasteiger partial charge in [0.2, 0.25) is 0 Å². The molecule has 1 saturated heterocycles. The van der Waals surface area contributed by atoms with Crippen molar-refractivity contribution in [3.05, 3.63) is 59.7 Å². The number of nitrogens with one attached hydrogen (secondary N) is 1. The van der Waals surface area contributed by atoms with Crippen LogP contribution in [0.3, 0.4) is 0 Å². The Morgan fingerprint density at radius 2 is 1.67 bits per heavy atom. The molecule has 3 rings (SSSR count). The first-order chi connectivity index (χ1) is 22.8. The maximum Gasteiger partial charge on any atom is 0.410 e. The van der Waals surface area contributed by atoms with Crippen molar-refractivity contribution in [3.63, 3.8) is 0 Å². The monoisotopic (exact) mass is 671 g/mol. The number of rotatable bonds is 13. The number of hydrogen-bond acceptors (Lipinski definition) is 8. The van der Waals surface area contributed by atoms with Crippen LogP contribution in [0.2, 0.25) is 0 Å². The molecule has 3 amide bonds. The van der Waals surface area contributed by atoms with Crippen LogP contribution in [0.15, 0.2) is 48.5 Å². The summed E-state index contributed by atoms with van der Waals surface area (Å²) in [5.74, 6) is 0.655. The lowest BCUT2D eigenvalue weighted by molar-refractivity contribution is -0.00117. The second kappa shape index (κ2) is 20.4. The van der Waals surface area contributed by atoms with Gasteiger partial charge in [0.05, 0.1) is 19.8 Å². The number of likely N-dealkylation sites (tertiary alicyclic amines) is 1. The summed E-state index contributed by atoms with van der Waals surface area (Å²) in [4.78, 5) is 43.3. The Balaban J connectivity index is 0.00000257. The van der Waals surface area contributed by atoms with Crippen molar-refractivity contribution >= 4 is 18.1 Å². The fraction of sp³-hybridized carbons (Fsp3) is 0.595. The smallest absolute Gasteiger partial charge is 0.410 e. The number of alkyl carbamates (subject to hydrolysis) is 1. The van der Waals surface area contributed by atoms with Crippen LogP contribution in [0, 0.1) is 5.92 Å². The Morgan fingerprint density at radius 3 is 2.27 bits per heavy atom. The molecule has 1 fully saturated rings. The van der Waals surface area contributed by atoms with Gasteiger partial charge in [0, 0.05) is 51.4 Å². The summed E-state index contributed by atoms with van der Waals surface area (Å²) in [6.07, 6.45) is 1.50. The van der Waals surface area contributed by atoms with E-state index in [1.165, 1.54) is 6.42 Å². The second-order valence-corrected chi connectivity index (χ2v) is 13.2. The number of benzene rings is 2. The third-order valence-electron chi connectivity index (χ3n) is 7.26. The van der Waals surface area contributed by atoms with E-state index in [1.807, 2.05) is 65.0 Å². The van der Waals surface area contributed by atoms with E-state index in [-0.39, 0.29) is 37.1 Å². The molecular weight excluding hydrogens is 614 g/mol. The highest BCUT2D eigenvalue weighted by Crippen LogP contribution is 2.31. The Morgan fingerprint density at radius 1 is 0.979 bits per heavy atom. The van der Waals surface area contributed by atoms with Crippen molar-refractivity contribution in [2.45, 2.75) is 92.0 Å². The van der Waals surface area contributed by atoms with Crippen LogP contribution in [0.25, 0.3) is 0 Å². The molecule has 11 nitrogen and oxygen atoms in total. The van der Waals surface area contributed by atoms with Crippen molar-refractivity contribution in [2.24, 2.45) is 5.92 Å². The van der Waals surface area contributed by atoms with E-state index < -0.39 is 17.8 Å². The highest BCUT2D eigenvalue weighted by atomic mass is 16.6.